The van der Waals surface area contributed by atoms with Crippen molar-refractivity contribution in [3.63, 3.8) is 0 Å². The Balaban J connectivity index is 2.11. The molecule has 3 rings (SSSR count). The minimum absolute atomic E-state index is 0.250. The van der Waals surface area contributed by atoms with E-state index in [9.17, 15) is 4.79 Å². The van der Waals surface area contributed by atoms with Crippen molar-refractivity contribution in [2.45, 2.75) is 18.9 Å². The van der Waals surface area contributed by atoms with Crippen LogP contribution in [0.5, 0.6) is 5.75 Å². The summed E-state index contributed by atoms with van der Waals surface area (Å²) in [5.74, 6) is 0.340. The van der Waals surface area contributed by atoms with Gasteiger partial charge in [0.1, 0.15) is 0 Å². The molecule has 19 heavy (non-hydrogen) atoms. The van der Waals surface area contributed by atoms with Crippen LogP contribution in [0.25, 0.3) is 0 Å². The Bertz CT molecular complexity index is 609. The topological polar surface area (TPSA) is 38.3 Å². The summed E-state index contributed by atoms with van der Waals surface area (Å²) >= 11 is 0. The molecule has 0 aromatic heterocycles. The maximum Gasteiger partial charge on any atom is 0.341 e. The van der Waals surface area contributed by atoms with Crippen LogP contribution in [0.4, 0.5) is 5.69 Å². The summed E-state index contributed by atoms with van der Waals surface area (Å²) in [7, 11) is 0. The van der Waals surface area contributed by atoms with E-state index in [0.29, 0.717) is 12.2 Å². The molecule has 3 heteroatoms. The van der Waals surface area contributed by atoms with Crippen LogP contribution in [0, 0.1) is 0 Å². The minimum atomic E-state index is -0.796. The zero-order valence-electron chi connectivity index (χ0n) is 10.7. The van der Waals surface area contributed by atoms with Crippen molar-refractivity contribution in [2.24, 2.45) is 0 Å². The number of esters is 1. The van der Waals surface area contributed by atoms with Gasteiger partial charge in [-0.3, -0.25) is 0 Å². The zero-order valence-corrected chi connectivity index (χ0v) is 10.7. The van der Waals surface area contributed by atoms with E-state index in [1.54, 1.807) is 6.07 Å². The van der Waals surface area contributed by atoms with E-state index in [1.165, 1.54) is 0 Å². The monoisotopic (exact) mass is 253 g/mol. The van der Waals surface area contributed by atoms with Crippen LogP contribution in [0.1, 0.15) is 18.9 Å². The molecule has 0 saturated carbocycles. The lowest BCUT2D eigenvalue weighted by atomic mass is 9.86. The van der Waals surface area contributed by atoms with Gasteiger partial charge in [-0.05, 0) is 24.1 Å². The Labute approximate surface area is 112 Å². The molecule has 1 heterocycles. The molecule has 96 valence electrons. The molecule has 1 atom stereocenters. The molecular formula is C16H15NO2. The van der Waals surface area contributed by atoms with Gasteiger partial charge in [-0.2, -0.15) is 0 Å². The molecule has 0 aliphatic carbocycles. The van der Waals surface area contributed by atoms with Crippen molar-refractivity contribution < 1.29 is 9.53 Å². The van der Waals surface area contributed by atoms with Gasteiger partial charge in [0.15, 0.2) is 11.3 Å². The van der Waals surface area contributed by atoms with Gasteiger partial charge in [-0.1, -0.05) is 49.4 Å². The van der Waals surface area contributed by atoms with Crippen LogP contribution < -0.4 is 10.1 Å². The van der Waals surface area contributed by atoms with Crippen molar-refractivity contribution in [3.05, 3.63) is 60.2 Å². The van der Waals surface area contributed by atoms with Crippen LogP contribution in [-0.4, -0.2) is 5.97 Å². The van der Waals surface area contributed by atoms with Crippen LogP contribution in [0.15, 0.2) is 54.6 Å². The Morgan fingerprint density at radius 1 is 1.05 bits per heavy atom. The molecule has 3 nitrogen and oxygen atoms in total. The third kappa shape index (κ3) is 1.78. The first-order valence-electron chi connectivity index (χ1n) is 6.41. The van der Waals surface area contributed by atoms with Crippen molar-refractivity contribution >= 4 is 11.7 Å². The highest BCUT2D eigenvalue weighted by Crippen LogP contribution is 2.39. The molecule has 1 N–H and O–H groups in total. The number of rotatable bonds is 2. The predicted octanol–water partition coefficient (Wildman–Crippen LogP) is 3.32. The molecule has 0 radical (unpaired) electrons. The van der Waals surface area contributed by atoms with Gasteiger partial charge in [0.2, 0.25) is 0 Å². The number of hydrogen-bond donors (Lipinski definition) is 1. The highest BCUT2D eigenvalue weighted by Gasteiger charge is 2.44. The lowest BCUT2D eigenvalue weighted by Crippen LogP contribution is -2.48. The van der Waals surface area contributed by atoms with E-state index in [4.69, 9.17) is 4.74 Å². The van der Waals surface area contributed by atoms with E-state index in [1.807, 2.05) is 55.5 Å². The molecule has 0 amide bonds. The molecule has 0 bridgehead atoms. The minimum Gasteiger partial charge on any atom is -0.422 e. The van der Waals surface area contributed by atoms with Crippen molar-refractivity contribution in [3.8, 4) is 5.75 Å². The Kier molecular flexibility index (Phi) is 2.75. The number of benzene rings is 2. The van der Waals surface area contributed by atoms with Crippen LogP contribution >= 0.6 is 0 Å². The fraction of sp³-hybridized carbons (Fsp3) is 0.188. The van der Waals surface area contributed by atoms with Crippen LogP contribution in [0.3, 0.4) is 0 Å². The number of carbonyl (C=O) groups is 1. The van der Waals surface area contributed by atoms with E-state index < -0.39 is 5.54 Å². The smallest absolute Gasteiger partial charge is 0.341 e. The van der Waals surface area contributed by atoms with E-state index in [-0.39, 0.29) is 5.97 Å². The van der Waals surface area contributed by atoms with E-state index >= 15 is 0 Å². The van der Waals surface area contributed by atoms with E-state index in [0.717, 1.165) is 11.3 Å². The molecule has 2 aromatic carbocycles. The third-order valence-electron chi connectivity index (χ3n) is 3.58. The molecule has 0 fully saturated rings. The Hall–Kier alpha value is -2.29. The van der Waals surface area contributed by atoms with Gasteiger partial charge in [0.05, 0.1) is 5.69 Å². The molecule has 0 saturated heterocycles. The predicted molar refractivity (Wildman–Crippen MR) is 74.1 cm³/mol. The largest absolute Gasteiger partial charge is 0.422 e. The first-order chi connectivity index (χ1) is 9.26. The van der Waals surface area contributed by atoms with Crippen LogP contribution in [-0.2, 0) is 10.3 Å². The first kappa shape index (κ1) is 11.8. The fourth-order valence-electron chi connectivity index (χ4n) is 2.48. The molecule has 0 spiro atoms. The maximum absolute atomic E-state index is 12.4. The highest BCUT2D eigenvalue weighted by molar-refractivity contribution is 5.92. The summed E-state index contributed by atoms with van der Waals surface area (Å²) < 4.78 is 5.49. The summed E-state index contributed by atoms with van der Waals surface area (Å²) in [5.41, 5.74) is 0.986. The normalized spacial score (nSPS) is 21.2. The summed E-state index contributed by atoms with van der Waals surface area (Å²) in [6, 6.07) is 17.2. The van der Waals surface area contributed by atoms with Gasteiger partial charge in [0.25, 0.3) is 0 Å². The summed E-state index contributed by atoms with van der Waals surface area (Å²) in [6.45, 7) is 1.98. The average molecular weight is 253 g/mol. The number of fused-ring (bicyclic) bond motifs is 1. The van der Waals surface area contributed by atoms with Gasteiger partial charge in [-0.15, -0.1) is 0 Å². The first-order valence-corrected chi connectivity index (χ1v) is 6.41. The van der Waals surface area contributed by atoms with Gasteiger partial charge in [-0.25, -0.2) is 4.79 Å². The average Bonchev–Trinajstić information content (AvgIpc) is 2.47. The Morgan fingerprint density at radius 2 is 1.74 bits per heavy atom. The summed E-state index contributed by atoms with van der Waals surface area (Å²) in [4.78, 5) is 12.4. The standard InChI is InChI=1S/C16H15NO2/c1-2-16(12-8-4-3-5-9-12)15(18)19-14-11-7-6-10-13(14)17-16/h3-11,17H,2H2,1H3. The summed E-state index contributed by atoms with van der Waals surface area (Å²) in [6.07, 6.45) is 0.629. The summed E-state index contributed by atoms with van der Waals surface area (Å²) in [5, 5.41) is 3.35. The number of carbonyl (C=O) groups excluding carboxylic acids is 1. The zero-order chi connectivity index (χ0) is 13.3. The molecule has 1 aliphatic heterocycles. The molecular weight excluding hydrogens is 238 g/mol. The van der Waals surface area contributed by atoms with Gasteiger partial charge in [0, 0.05) is 0 Å². The Morgan fingerprint density at radius 3 is 2.47 bits per heavy atom. The number of hydrogen-bond acceptors (Lipinski definition) is 3. The lowest BCUT2D eigenvalue weighted by molar-refractivity contribution is -0.140. The van der Waals surface area contributed by atoms with Crippen molar-refractivity contribution in [2.75, 3.05) is 5.32 Å². The highest BCUT2D eigenvalue weighted by atomic mass is 16.5. The number of para-hydroxylation sites is 2. The van der Waals surface area contributed by atoms with Crippen molar-refractivity contribution in [1.29, 1.82) is 0 Å². The SMILES string of the molecule is CCC1(c2ccccc2)Nc2ccccc2OC1=O. The second-order valence-corrected chi connectivity index (χ2v) is 4.64. The quantitative estimate of drug-likeness (QED) is 0.659. The number of ether oxygens (including phenoxy) is 1. The number of anilines is 1. The second kappa shape index (κ2) is 4.43. The van der Waals surface area contributed by atoms with E-state index in [2.05, 4.69) is 5.32 Å². The van der Waals surface area contributed by atoms with Gasteiger partial charge < -0.3 is 10.1 Å². The molecule has 2 aromatic rings. The third-order valence-corrected chi connectivity index (χ3v) is 3.58. The van der Waals surface area contributed by atoms with Crippen molar-refractivity contribution in [1.82, 2.24) is 0 Å². The lowest BCUT2D eigenvalue weighted by Gasteiger charge is -2.37. The molecule has 1 aliphatic rings. The second-order valence-electron chi connectivity index (χ2n) is 4.64. The number of nitrogens with one attached hydrogen (secondary N) is 1. The fourth-order valence-corrected chi connectivity index (χ4v) is 2.48. The maximum atomic E-state index is 12.4. The van der Waals surface area contributed by atoms with Crippen LogP contribution in [0.2, 0.25) is 0 Å². The van der Waals surface area contributed by atoms with Gasteiger partial charge >= 0.3 is 5.97 Å². The molecule has 1 unspecified atom stereocenters.